The number of ether oxygens (including phenoxy) is 2. The second-order valence-electron chi connectivity index (χ2n) is 4.46. The molecule has 1 aliphatic rings. The molecule has 19 heavy (non-hydrogen) atoms. The normalized spacial score (nSPS) is 25.8. The number of aldehydes is 1. The minimum absolute atomic E-state index is 0.274. The molecule has 2 atom stereocenters. The summed E-state index contributed by atoms with van der Waals surface area (Å²) in [4.78, 5) is 22.7. The summed E-state index contributed by atoms with van der Waals surface area (Å²) in [5, 5.41) is 3.13. The van der Waals surface area contributed by atoms with E-state index in [1.165, 1.54) is 0 Å². The molecule has 0 spiro atoms. The van der Waals surface area contributed by atoms with Gasteiger partial charge in [0.2, 0.25) is 0 Å². The van der Waals surface area contributed by atoms with Crippen LogP contribution in [0.4, 0.5) is 4.79 Å². The van der Waals surface area contributed by atoms with Gasteiger partial charge in [-0.15, -0.1) is 0 Å². The lowest BCUT2D eigenvalue weighted by atomic mass is 9.89. The zero-order valence-electron chi connectivity index (χ0n) is 10.8. The van der Waals surface area contributed by atoms with Crippen molar-refractivity contribution in [1.82, 2.24) is 5.32 Å². The van der Waals surface area contributed by atoms with Crippen LogP contribution >= 0.6 is 0 Å². The Morgan fingerprint density at radius 1 is 1.47 bits per heavy atom. The zero-order valence-corrected chi connectivity index (χ0v) is 10.8. The van der Waals surface area contributed by atoms with E-state index in [0.29, 0.717) is 13.0 Å². The quantitative estimate of drug-likeness (QED) is 0.660. The minimum atomic E-state index is -0.779. The molecule has 0 aromatic heterocycles. The highest BCUT2D eigenvalue weighted by Gasteiger charge is 2.42. The van der Waals surface area contributed by atoms with E-state index in [1.807, 2.05) is 30.3 Å². The maximum atomic E-state index is 11.5. The summed E-state index contributed by atoms with van der Waals surface area (Å²) in [6, 6.07) is 9.41. The van der Waals surface area contributed by atoms with Crippen molar-refractivity contribution < 1.29 is 19.1 Å². The van der Waals surface area contributed by atoms with Gasteiger partial charge in [-0.3, -0.25) is 5.32 Å². The largest absolute Gasteiger partial charge is 0.508 e. The van der Waals surface area contributed by atoms with E-state index in [2.05, 4.69) is 5.32 Å². The van der Waals surface area contributed by atoms with E-state index in [-0.39, 0.29) is 12.7 Å². The lowest BCUT2D eigenvalue weighted by Crippen LogP contribution is -2.38. The van der Waals surface area contributed by atoms with Crippen LogP contribution in [0.25, 0.3) is 0 Å². The lowest BCUT2D eigenvalue weighted by molar-refractivity contribution is -0.113. The maximum Gasteiger partial charge on any atom is 0.508 e. The van der Waals surface area contributed by atoms with Crippen LogP contribution in [0.2, 0.25) is 0 Å². The number of carbonyl (C=O) groups excluding carboxylic acids is 2. The van der Waals surface area contributed by atoms with Crippen molar-refractivity contribution in [3.05, 3.63) is 35.9 Å². The van der Waals surface area contributed by atoms with E-state index in [1.54, 1.807) is 6.92 Å². The Bertz CT molecular complexity index is 448. The minimum Gasteiger partial charge on any atom is -0.435 e. The standard InChI is InChI=1S/C14H17NO4/c1-2-18-13(17)19-12-8-14(10-16,15-9-12)11-6-4-3-5-7-11/h3-7,10,12,15H,2,8-9H2,1H3/t12?,14-/m1/s1. The summed E-state index contributed by atoms with van der Waals surface area (Å²) >= 11 is 0. The number of carbonyl (C=O) groups is 2. The third-order valence-corrected chi connectivity index (χ3v) is 3.21. The van der Waals surface area contributed by atoms with E-state index in [0.717, 1.165) is 11.8 Å². The summed E-state index contributed by atoms with van der Waals surface area (Å²) in [5.41, 5.74) is 0.0956. The van der Waals surface area contributed by atoms with Crippen LogP contribution in [0.1, 0.15) is 18.9 Å². The SMILES string of the molecule is CCOC(=O)OC1CN[C@](C=O)(c2ccccc2)C1. The molecule has 1 aromatic carbocycles. The second kappa shape index (κ2) is 5.84. The van der Waals surface area contributed by atoms with Crippen LogP contribution in [0.15, 0.2) is 30.3 Å². The highest BCUT2D eigenvalue weighted by Crippen LogP contribution is 2.30. The van der Waals surface area contributed by atoms with Gasteiger partial charge in [0.1, 0.15) is 17.9 Å². The molecule has 1 heterocycles. The second-order valence-corrected chi connectivity index (χ2v) is 4.46. The van der Waals surface area contributed by atoms with Gasteiger partial charge in [0.25, 0.3) is 0 Å². The fourth-order valence-electron chi connectivity index (χ4n) is 2.28. The maximum absolute atomic E-state index is 11.5. The molecule has 5 heteroatoms. The lowest BCUT2D eigenvalue weighted by Gasteiger charge is -2.23. The van der Waals surface area contributed by atoms with Crippen LogP contribution in [0.5, 0.6) is 0 Å². The molecule has 1 unspecified atom stereocenters. The Kier molecular flexibility index (Phi) is 4.16. The van der Waals surface area contributed by atoms with Gasteiger partial charge in [-0.05, 0) is 12.5 Å². The smallest absolute Gasteiger partial charge is 0.435 e. The highest BCUT2D eigenvalue weighted by atomic mass is 16.7. The summed E-state index contributed by atoms with van der Waals surface area (Å²) in [5.74, 6) is 0. The zero-order chi connectivity index (χ0) is 13.7. The molecule has 102 valence electrons. The third-order valence-electron chi connectivity index (χ3n) is 3.21. The molecular formula is C14H17NO4. The topological polar surface area (TPSA) is 64.6 Å². The number of benzene rings is 1. The van der Waals surface area contributed by atoms with Crippen molar-refractivity contribution in [3.8, 4) is 0 Å². The van der Waals surface area contributed by atoms with Crippen molar-refractivity contribution >= 4 is 12.4 Å². The van der Waals surface area contributed by atoms with Crippen molar-refractivity contribution in [2.45, 2.75) is 25.0 Å². The first-order chi connectivity index (χ1) is 9.20. The van der Waals surface area contributed by atoms with E-state index in [9.17, 15) is 9.59 Å². The summed E-state index contributed by atoms with van der Waals surface area (Å²) in [6.07, 6.45) is 0.240. The fraction of sp³-hybridized carbons (Fsp3) is 0.429. The molecule has 1 fully saturated rings. The Hall–Kier alpha value is -1.88. The molecule has 1 saturated heterocycles. The van der Waals surface area contributed by atoms with Crippen LogP contribution in [-0.4, -0.2) is 31.7 Å². The van der Waals surface area contributed by atoms with E-state index < -0.39 is 11.7 Å². The molecule has 1 aromatic rings. The Morgan fingerprint density at radius 2 is 2.21 bits per heavy atom. The van der Waals surface area contributed by atoms with Gasteiger partial charge in [-0.1, -0.05) is 30.3 Å². The molecule has 5 nitrogen and oxygen atoms in total. The summed E-state index contributed by atoms with van der Waals surface area (Å²) in [7, 11) is 0. The average molecular weight is 263 g/mol. The van der Waals surface area contributed by atoms with Crippen molar-refractivity contribution in [3.63, 3.8) is 0 Å². The molecule has 0 saturated carbocycles. The van der Waals surface area contributed by atoms with Gasteiger partial charge in [-0.25, -0.2) is 4.79 Å². The van der Waals surface area contributed by atoms with Crippen molar-refractivity contribution in [1.29, 1.82) is 0 Å². The van der Waals surface area contributed by atoms with Gasteiger partial charge in [-0.2, -0.15) is 0 Å². The summed E-state index contributed by atoms with van der Waals surface area (Å²) in [6.45, 7) is 2.43. The number of hydrogen-bond acceptors (Lipinski definition) is 5. The predicted octanol–water partition coefficient (Wildman–Crippen LogP) is 1.62. The van der Waals surface area contributed by atoms with Crippen LogP contribution in [0, 0.1) is 0 Å². The van der Waals surface area contributed by atoms with E-state index >= 15 is 0 Å². The number of nitrogens with one attached hydrogen (secondary N) is 1. The van der Waals surface area contributed by atoms with Gasteiger partial charge >= 0.3 is 6.16 Å². The molecule has 0 bridgehead atoms. The first kappa shape index (κ1) is 13.5. The van der Waals surface area contributed by atoms with Gasteiger partial charge in [0.15, 0.2) is 0 Å². The first-order valence-electron chi connectivity index (χ1n) is 6.30. The van der Waals surface area contributed by atoms with Crippen molar-refractivity contribution in [2.75, 3.05) is 13.2 Å². The molecule has 1 N–H and O–H groups in total. The average Bonchev–Trinajstić information content (AvgIpc) is 2.84. The number of hydrogen-bond donors (Lipinski definition) is 1. The Balaban J connectivity index is 2.06. The molecule has 2 rings (SSSR count). The van der Waals surface area contributed by atoms with Gasteiger partial charge in [0.05, 0.1) is 6.61 Å². The fourth-order valence-corrected chi connectivity index (χ4v) is 2.28. The van der Waals surface area contributed by atoms with E-state index in [4.69, 9.17) is 9.47 Å². The van der Waals surface area contributed by atoms with Gasteiger partial charge < -0.3 is 14.3 Å². The predicted molar refractivity (Wildman–Crippen MR) is 68.7 cm³/mol. The number of rotatable bonds is 4. The Morgan fingerprint density at radius 3 is 2.84 bits per heavy atom. The molecule has 0 radical (unpaired) electrons. The van der Waals surface area contributed by atoms with Crippen molar-refractivity contribution in [2.24, 2.45) is 0 Å². The Labute approximate surface area is 111 Å². The molecule has 0 amide bonds. The molecule has 1 aliphatic heterocycles. The van der Waals surface area contributed by atoms with Gasteiger partial charge in [0, 0.05) is 13.0 Å². The third kappa shape index (κ3) is 2.93. The summed E-state index contributed by atoms with van der Waals surface area (Å²) < 4.78 is 9.88. The van der Waals surface area contributed by atoms with Crippen LogP contribution in [-0.2, 0) is 19.8 Å². The van der Waals surface area contributed by atoms with Crippen LogP contribution in [0.3, 0.4) is 0 Å². The molecular weight excluding hydrogens is 246 g/mol. The molecule has 0 aliphatic carbocycles. The van der Waals surface area contributed by atoms with Crippen LogP contribution < -0.4 is 5.32 Å². The monoisotopic (exact) mass is 263 g/mol. The first-order valence-corrected chi connectivity index (χ1v) is 6.30. The highest BCUT2D eigenvalue weighted by molar-refractivity contribution is 5.69.